The first-order chi connectivity index (χ1) is 8.16. The molecule has 2 N–H and O–H groups in total. The van der Waals surface area contributed by atoms with E-state index in [2.05, 4.69) is 10.5 Å². The highest BCUT2D eigenvalue weighted by atomic mass is 16.5. The van der Waals surface area contributed by atoms with Crippen LogP contribution < -0.4 is 5.32 Å². The van der Waals surface area contributed by atoms with Crippen LogP contribution in [0.3, 0.4) is 0 Å². The normalized spacial score (nSPS) is 24.1. The van der Waals surface area contributed by atoms with Crippen molar-refractivity contribution in [2.45, 2.75) is 32.7 Å². The number of hydrogen-bond acceptors (Lipinski definition) is 4. The minimum absolute atomic E-state index is 0.182. The minimum Gasteiger partial charge on any atom is -0.481 e. The Bertz CT molecular complexity index is 389. The molecule has 94 valence electrons. The fourth-order valence-corrected chi connectivity index (χ4v) is 2.49. The Kier molecular flexibility index (Phi) is 3.78. The molecule has 0 bridgehead atoms. The van der Waals surface area contributed by atoms with Crippen LogP contribution in [0.4, 0.5) is 0 Å². The summed E-state index contributed by atoms with van der Waals surface area (Å²) >= 11 is 0. The molecule has 0 aliphatic heterocycles. The van der Waals surface area contributed by atoms with Crippen molar-refractivity contribution in [3.8, 4) is 0 Å². The summed E-state index contributed by atoms with van der Waals surface area (Å²) in [6.45, 7) is 3.23. The number of aromatic nitrogens is 1. The van der Waals surface area contributed by atoms with Crippen LogP contribution in [-0.4, -0.2) is 22.8 Å². The molecule has 2 rings (SSSR count). The molecule has 2 atom stereocenters. The lowest BCUT2D eigenvalue weighted by atomic mass is 9.96. The molecule has 0 radical (unpaired) electrons. The van der Waals surface area contributed by atoms with E-state index in [-0.39, 0.29) is 11.8 Å². The summed E-state index contributed by atoms with van der Waals surface area (Å²) in [7, 11) is 0. The predicted octanol–water partition coefficient (Wildman–Crippen LogP) is 1.57. The second-order valence-corrected chi connectivity index (χ2v) is 4.70. The summed E-state index contributed by atoms with van der Waals surface area (Å²) in [5.41, 5.74) is 0.867. The van der Waals surface area contributed by atoms with Gasteiger partial charge in [0.05, 0.1) is 18.2 Å². The van der Waals surface area contributed by atoms with Crippen LogP contribution >= 0.6 is 0 Å². The fourth-order valence-electron chi connectivity index (χ4n) is 2.49. The molecule has 1 aliphatic carbocycles. The molecule has 5 heteroatoms. The van der Waals surface area contributed by atoms with Gasteiger partial charge in [-0.2, -0.15) is 0 Å². The molecule has 1 aromatic rings. The number of rotatable bonds is 5. The Morgan fingerprint density at radius 1 is 1.65 bits per heavy atom. The number of nitrogens with zero attached hydrogens (tertiary/aromatic N) is 1. The summed E-state index contributed by atoms with van der Waals surface area (Å²) in [5.74, 6) is 0.202. The first-order valence-electron chi connectivity index (χ1n) is 6.02. The summed E-state index contributed by atoms with van der Waals surface area (Å²) in [5, 5.41) is 16.1. The maximum atomic E-state index is 11.0. The predicted molar refractivity (Wildman–Crippen MR) is 61.4 cm³/mol. The van der Waals surface area contributed by atoms with Crippen molar-refractivity contribution in [2.24, 2.45) is 11.8 Å². The van der Waals surface area contributed by atoms with Gasteiger partial charge in [-0.1, -0.05) is 11.6 Å². The largest absolute Gasteiger partial charge is 0.481 e. The van der Waals surface area contributed by atoms with E-state index in [1.54, 1.807) is 0 Å². The van der Waals surface area contributed by atoms with Gasteiger partial charge in [0, 0.05) is 6.07 Å². The van der Waals surface area contributed by atoms with Crippen molar-refractivity contribution in [2.75, 3.05) is 6.54 Å². The van der Waals surface area contributed by atoms with Gasteiger partial charge < -0.3 is 14.9 Å². The van der Waals surface area contributed by atoms with Crippen molar-refractivity contribution in [3.05, 3.63) is 17.5 Å². The summed E-state index contributed by atoms with van der Waals surface area (Å²) in [6.07, 6.45) is 2.83. The third-order valence-electron chi connectivity index (χ3n) is 3.36. The van der Waals surface area contributed by atoms with Gasteiger partial charge in [0.15, 0.2) is 5.76 Å². The number of carboxylic acid groups (broad SMARTS) is 1. The van der Waals surface area contributed by atoms with Crippen LogP contribution in [0.2, 0.25) is 0 Å². The zero-order valence-corrected chi connectivity index (χ0v) is 9.98. The average Bonchev–Trinajstić information content (AvgIpc) is 2.87. The van der Waals surface area contributed by atoms with E-state index in [9.17, 15) is 4.79 Å². The fraction of sp³-hybridized carbons (Fsp3) is 0.667. The highest BCUT2D eigenvalue weighted by molar-refractivity contribution is 5.70. The third-order valence-corrected chi connectivity index (χ3v) is 3.36. The molecule has 17 heavy (non-hydrogen) atoms. The van der Waals surface area contributed by atoms with Gasteiger partial charge in [0.1, 0.15) is 0 Å². The van der Waals surface area contributed by atoms with Gasteiger partial charge in [0.25, 0.3) is 0 Å². The Morgan fingerprint density at radius 3 is 3.12 bits per heavy atom. The SMILES string of the molecule is Cc1cc(CNCC2CCCC2C(=O)O)on1. The number of aryl methyl sites for hydroxylation is 1. The van der Waals surface area contributed by atoms with Crippen molar-refractivity contribution in [1.82, 2.24) is 10.5 Å². The highest BCUT2D eigenvalue weighted by Gasteiger charge is 2.32. The number of hydrogen-bond donors (Lipinski definition) is 2. The van der Waals surface area contributed by atoms with Crippen molar-refractivity contribution >= 4 is 5.97 Å². The number of nitrogens with one attached hydrogen (secondary N) is 1. The molecular weight excluding hydrogens is 220 g/mol. The zero-order chi connectivity index (χ0) is 12.3. The summed E-state index contributed by atoms with van der Waals surface area (Å²) < 4.78 is 5.07. The van der Waals surface area contributed by atoms with Crippen molar-refractivity contribution in [3.63, 3.8) is 0 Å². The van der Waals surface area contributed by atoms with E-state index < -0.39 is 5.97 Å². The van der Waals surface area contributed by atoms with E-state index in [4.69, 9.17) is 9.63 Å². The van der Waals surface area contributed by atoms with Gasteiger partial charge in [0.2, 0.25) is 0 Å². The van der Waals surface area contributed by atoms with E-state index in [1.807, 2.05) is 13.0 Å². The van der Waals surface area contributed by atoms with Crippen LogP contribution in [-0.2, 0) is 11.3 Å². The summed E-state index contributed by atoms with van der Waals surface area (Å²) in [4.78, 5) is 11.0. The van der Waals surface area contributed by atoms with E-state index in [1.165, 1.54) is 0 Å². The average molecular weight is 238 g/mol. The Morgan fingerprint density at radius 2 is 2.47 bits per heavy atom. The monoisotopic (exact) mass is 238 g/mol. The first-order valence-corrected chi connectivity index (χ1v) is 6.02. The van der Waals surface area contributed by atoms with E-state index in [0.29, 0.717) is 6.54 Å². The molecule has 0 saturated heterocycles. The number of carboxylic acids is 1. The maximum Gasteiger partial charge on any atom is 0.306 e. The van der Waals surface area contributed by atoms with Crippen LogP contribution in [0.1, 0.15) is 30.7 Å². The second-order valence-electron chi connectivity index (χ2n) is 4.70. The van der Waals surface area contributed by atoms with Crippen molar-refractivity contribution < 1.29 is 14.4 Å². The lowest BCUT2D eigenvalue weighted by Gasteiger charge is -2.15. The minimum atomic E-state index is -0.662. The molecular formula is C12H18N2O3. The molecule has 0 spiro atoms. The van der Waals surface area contributed by atoms with Crippen LogP contribution in [0.5, 0.6) is 0 Å². The molecule has 2 unspecified atom stereocenters. The van der Waals surface area contributed by atoms with Gasteiger partial charge in [-0.25, -0.2) is 0 Å². The topological polar surface area (TPSA) is 75.4 Å². The quantitative estimate of drug-likeness (QED) is 0.814. The Labute approximate surface area is 100 Å². The molecule has 1 fully saturated rings. The first kappa shape index (κ1) is 12.1. The van der Waals surface area contributed by atoms with Crippen molar-refractivity contribution in [1.29, 1.82) is 0 Å². The lowest BCUT2D eigenvalue weighted by Crippen LogP contribution is -2.28. The van der Waals surface area contributed by atoms with Gasteiger partial charge in [-0.05, 0) is 32.2 Å². The van der Waals surface area contributed by atoms with Crippen LogP contribution in [0.25, 0.3) is 0 Å². The number of carbonyl (C=O) groups is 1. The van der Waals surface area contributed by atoms with Gasteiger partial charge >= 0.3 is 5.97 Å². The lowest BCUT2D eigenvalue weighted by molar-refractivity contribution is -0.142. The maximum absolute atomic E-state index is 11.0. The highest BCUT2D eigenvalue weighted by Crippen LogP contribution is 2.31. The molecule has 1 aliphatic rings. The van der Waals surface area contributed by atoms with Gasteiger partial charge in [-0.15, -0.1) is 0 Å². The standard InChI is InChI=1S/C12H18N2O3/c1-8-5-10(17-14-8)7-13-6-9-3-2-4-11(9)12(15)16/h5,9,11,13H,2-4,6-7H2,1H3,(H,15,16). The Balaban J connectivity index is 1.76. The molecule has 5 nitrogen and oxygen atoms in total. The van der Waals surface area contributed by atoms with E-state index >= 15 is 0 Å². The zero-order valence-electron chi connectivity index (χ0n) is 9.98. The molecule has 1 saturated carbocycles. The van der Waals surface area contributed by atoms with Gasteiger partial charge in [-0.3, -0.25) is 4.79 Å². The molecule has 1 heterocycles. The molecule has 1 aromatic heterocycles. The van der Waals surface area contributed by atoms with Crippen LogP contribution in [0.15, 0.2) is 10.6 Å². The van der Waals surface area contributed by atoms with E-state index in [0.717, 1.165) is 37.3 Å². The smallest absolute Gasteiger partial charge is 0.306 e. The molecule has 0 amide bonds. The Hall–Kier alpha value is -1.36. The van der Waals surface area contributed by atoms with Crippen LogP contribution in [0, 0.1) is 18.8 Å². The second kappa shape index (κ2) is 5.31. The third kappa shape index (κ3) is 3.06. The number of aliphatic carboxylic acids is 1. The summed E-state index contributed by atoms with van der Waals surface area (Å²) in [6, 6.07) is 1.89. The molecule has 0 aromatic carbocycles.